The fourth-order valence-electron chi connectivity index (χ4n) is 1.86. The molecule has 0 aliphatic carbocycles. The van der Waals surface area contributed by atoms with Crippen LogP contribution < -0.4 is 4.74 Å². The molecule has 0 aromatic heterocycles. The Bertz CT molecular complexity index is 735. The lowest BCUT2D eigenvalue weighted by Gasteiger charge is -2.10. The zero-order valence-electron chi connectivity index (χ0n) is 11.3. The van der Waals surface area contributed by atoms with Crippen LogP contribution in [0.15, 0.2) is 36.4 Å². The maximum atomic E-state index is 13.3. The summed E-state index contributed by atoms with van der Waals surface area (Å²) in [6, 6.07) is 10.5. The number of carboxylic acids is 1. The predicted octanol–water partition coefficient (Wildman–Crippen LogP) is 3.28. The van der Waals surface area contributed by atoms with E-state index >= 15 is 0 Å². The van der Waals surface area contributed by atoms with Gasteiger partial charge < -0.3 is 9.84 Å². The Balaban J connectivity index is 2.17. The molecule has 0 unspecified atom stereocenters. The second kappa shape index (κ2) is 6.06. The Labute approximate surface area is 121 Å². The number of carbonyl (C=O) groups is 1. The fourth-order valence-corrected chi connectivity index (χ4v) is 1.86. The number of nitrogens with zero attached hydrogens (tertiary/aromatic N) is 1. The van der Waals surface area contributed by atoms with Gasteiger partial charge >= 0.3 is 5.97 Å². The molecular formula is C16H12FNO3. The maximum Gasteiger partial charge on any atom is 0.335 e. The second-order valence-corrected chi connectivity index (χ2v) is 4.52. The van der Waals surface area contributed by atoms with E-state index in [1.165, 1.54) is 6.07 Å². The van der Waals surface area contributed by atoms with Crippen LogP contribution in [0.25, 0.3) is 0 Å². The fraction of sp³-hybridized carbons (Fsp3) is 0.125. The molecule has 1 N–H and O–H groups in total. The lowest BCUT2D eigenvalue weighted by molar-refractivity contribution is 0.0695. The molecule has 0 saturated carbocycles. The Hall–Kier alpha value is -2.87. The Morgan fingerprint density at radius 1 is 1.33 bits per heavy atom. The van der Waals surface area contributed by atoms with Crippen LogP contribution in [-0.4, -0.2) is 11.1 Å². The second-order valence-electron chi connectivity index (χ2n) is 4.52. The van der Waals surface area contributed by atoms with Gasteiger partial charge in [0.05, 0.1) is 17.2 Å². The van der Waals surface area contributed by atoms with Gasteiger partial charge in [0.2, 0.25) is 0 Å². The molecule has 106 valence electrons. The van der Waals surface area contributed by atoms with Crippen LogP contribution in [-0.2, 0) is 6.61 Å². The van der Waals surface area contributed by atoms with Crippen LogP contribution in [0.2, 0.25) is 0 Å². The summed E-state index contributed by atoms with van der Waals surface area (Å²) in [4.78, 5) is 10.9. The van der Waals surface area contributed by atoms with E-state index in [1.807, 2.05) is 13.0 Å². The summed E-state index contributed by atoms with van der Waals surface area (Å²) < 4.78 is 18.7. The third-order valence-corrected chi connectivity index (χ3v) is 2.98. The minimum Gasteiger partial charge on any atom is -0.489 e. The molecule has 0 heterocycles. The standard InChI is InChI=1S/C16H12FNO3/c1-10-4-11(8-18)2-3-12(10)9-21-15-6-13(16(19)20)5-14(17)7-15/h2-7H,9H2,1H3,(H,19,20). The molecule has 0 aliphatic heterocycles. The van der Waals surface area contributed by atoms with Crippen molar-refractivity contribution in [2.75, 3.05) is 0 Å². The number of aryl methyl sites for hydroxylation is 1. The molecule has 0 spiro atoms. The van der Waals surface area contributed by atoms with Crippen molar-refractivity contribution in [3.63, 3.8) is 0 Å². The number of hydrogen-bond donors (Lipinski definition) is 1. The van der Waals surface area contributed by atoms with Crippen molar-refractivity contribution in [1.82, 2.24) is 0 Å². The molecule has 0 bridgehead atoms. The molecule has 2 aromatic carbocycles. The SMILES string of the molecule is Cc1cc(C#N)ccc1COc1cc(F)cc(C(=O)O)c1. The summed E-state index contributed by atoms with van der Waals surface area (Å²) in [6.45, 7) is 2.01. The smallest absolute Gasteiger partial charge is 0.335 e. The lowest BCUT2D eigenvalue weighted by Crippen LogP contribution is -2.02. The number of nitriles is 1. The van der Waals surface area contributed by atoms with Crippen molar-refractivity contribution < 1.29 is 19.0 Å². The minimum absolute atomic E-state index is 0.149. The highest BCUT2D eigenvalue weighted by atomic mass is 19.1. The first-order valence-corrected chi connectivity index (χ1v) is 6.16. The van der Waals surface area contributed by atoms with Gasteiger partial charge in [0.25, 0.3) is 0 Å². The molecule has 0 fully saturated rings. The zero-order valence-corrected chi connectivity index (χ0v) is 11.3. The molecule has 0 amide bonds. The zero-order chi connectivity index (χ0) is 15.4. The highest BCUT2D eigenvalue weighted by Gasteiger charge is 2.08. The highest BCUT2D eigenvalue weighted by molar-refractivity contribution is 5.88. The quantitative estimate of drug-likeness (QED) is 0.935. The van der Waals surface area contributed by atoms with E-state index in [-0.39, 0.29) is 17.9 Å². The number of benzene rings is 2. The van der Waals surface area contributed by atoms with Crippen molar-refractivity contribution in [3.05, 3.63) is 64.5 Å². The summed E-state index contributed by atoms with van der Waals surface area (Å²) >= 11 is 0. The van der Waals surface area contributed by atoms with Gasteiger partial charge in [0.15, 0.2) is 0 Å². The minimum atomic E-state index is -1.21. The van der Waals surface area contributed by atoms with Crippen molar-refractivity contribution in [3.8, 4) is 11.8 Å². The molecule has 0 radical (unpaired) electrons. The van der Waals surface area contributed by atoms with E-state index in [9.17, 15) is 9.18 Å². The van der Waals surface area contributed by atoms with Crippen LogP contribution in [0.3, 0.4) is 0 Å². The van der Waals surface area contributed by atoms with Crippen LogP contribution in [0.1, 0.15) is 27.0 Å². The van der Waals surface area contributed by atoms with Gasteiger partial charge in [0.1, 0.15) is 18.2 Å². The summed E-state index contributed by atoms with van der Waals surface area (Å²) in [5, 5.41) is 17.7. The first-order chi connectivity index (χ1) is 9.99. The van der Waals surface area contributed by atoms with Crippen molar-refractivity contribution in [2.24, 2.45) is 0 Å². The van der Waals surface area contributed by atoms with Crippen molar-refractivity contribution in [1.29, 1.82) is 5.26 Å². The molecule has 21 heavy (non-hydrogen) atoms. The first-order valence-electron chi connectivity index (χ1n) is 6.16. The molecule has 0 saturated heterocycles. The van der Waals surface area contributed by atoms with Gasteiger partial charge in [0, 0.05) is 6.07 Å². The topological polar surface area (TPSA) is 70.3 Å². The molecule has 2 aromatic rings. The Morgan fingerprint density at radius 3 is 2.71 bits per heavy atom. The van der Waals surface area contributed by atoms with E-state index in [4.69, 9.17) is 15.1 Å². The number of halogens is 1. The lowest BCUT2D eigenvalue weighted by atomic mass is 10.1. The highest BCUT2D eigenvalue weighted by Crippen LogP contribution is 2.19. The van der Waals surface area contributed by atoms with Gasteiger partial charge in [-0.25, -0.2) is 9.18 Å². The number of hydrogen-bond acceptors (Lipinski definition) is 3. The molecule has 0 aliphatic rings. The monoisotopic (exact) mass is 285 g/mol. The summed E-state index contributed by atoms with van der Waals surface area (Å²) in [7, 11) is 0. The van der Waals surface area contributed by atoms with Gasteiger partial charge in [-0.2, -0.15) is 5.26 Å². The number of ether oxygens (including phenoxy) is 1. The predicted molar refractivity (Wildman–Crippen MR) is 73.6 cm³/mol. The maximum absolute atomic E-state index is 13.3. The summed E-state index contributed by atoms with van der Waals surface area (Å²) in [5.41, 5.74) is 2.11. The summed E-state index contributed by atoms with van der Waals surface area (Å²) in [5.74, 6) is -1.73. The van der Waals surface area contributed by atoms with Gasteiger partial charge in [-0.3, -0.25) is 0 Å². The average Bonchev–Trinajstić information content (AvgIpc) is 2.45. The Kier molecular flexibility index (Phi) is 4.19. The van der Waals surface area contributed by atoms with Crippen LogP contribution in [0.4, 0.5) is 4.39 Å². The van der Waals surface area contributed by atoms with Gasteiger partial charge in [-0.15, -0.1) is 0 Å². The molecular weight excluding hydrogens is 273 g/mol. The molecule has 4 nitrogen and oxygen atoms in total. The number of rotatable bonds is 4. The van der Waals surface area contributed by atoms with E-state index in [0.717, 1.165) is 23.3 Å². The van der Waals surface area contributed by atoms with Crippen molar-refractivity contribution in [2.45, 2.75) is 13.5 Å². The van der Waals surface area contributed by atoms with E-state index < -0.39 is 11.8 Å². The van der Waals surface area contributed by atoms with E-state index in [1.54, 1.807) is 18.2 Å². The van der Waals surface area contributed by atoms with E-state index in [0.29, 0.717) is 5.56 Å². The Morgan fingerprint density at radius 2 is 2.10 bits per heavy atom. The number of aromatic carboxylic acids is 1. The molecule has 5 heteroatoms. The third-order valence-electron chi connectivity index (χ3n) is 2.98. The van der Waals surface area contributed by atoms with Crippen LogP contribution >= 0.6 is 0 Å². The summed E-state index contributed by atoms with van der Waals surface area (Å²) in [6.07, 6.45) is 0. The normalized spacial score (nSPS) is 9.95. The van der Waals surface area contributed by atoms with Gasteiger partial charge in [-0.1, -0.05) is 6.07 Å². The van der Waals surface area contributed by atoms with E-state index in [2.05, 4.69) is 0 Å². The molecule has 2 rings (SSSR count). The van der Waals surface area contributed by atoms with Crippen molar-refractivity contribution >= 4 is 5.97 Å². The molecule has 0 atom stereocenters. The van der Waals surface area contributed by atoms with Gasteiger partial charge in [-0.05, 0) is 42.3 Å². The average molecular weight is 285 g/mol. The third kappa shape index (κ3) is 3.57. The van der Waals surface area contributed by atoms with Crippen LogP contribution in [0, 0.1) is 24.1 Å². The first kappa shape index (κ1) is 14.5. The van der Waals surface area contributed by atoms with Crippen LogP contribution in [0.5, 0.6) is 5.75 Å². The number of carboxylic acid groups (broad SMARTS) is 1. The largest absolute Gasteiger partial charge is 0.489 e.